The summed E-state index contributed by atoms with van der Waals surface area (Å²) in [6.45, 7) is 3.33. The van der Waals surface area contributed by atoms with Crippen molar-refractivity contribution in [2.45, 2.75) is 64.0 Å². The zero-order chi connectivity index (χ0) is 19.1. The molecule has 2 N–H and O–H groups in total. The SMILES string of the molecule is CCOC(=O)N1CCC(NC(=O)c2cnc(NC3CCCCC3)cn2)CC1. The fraction of sp³-hybridized carbons (Fsp3) is 0.684. The van der Waals surface area contributed by atoms with E-state index in [1.165, 1.54) is 25.5 Å². The highest BCUT2D eigenvalue weighted by Crippen LogP contribution is 2.20. The first-order valence-corrected chi connectivity index (χ1v) is 9.97. The Morgan fingerprint density at radius 3 is 2.44 bits per heavy atom. The van der Waals surface area contributed by atoms with Gasteiger partial charge in [0.1, 0.15) is 11.5 Å². The molecule has 1 aliphatic heterocycles. The molecule has 2 heterocycles. The van der Waals surface area contributed by atoms with Crippen molar-refractivity contribution >= 4 is 17.8 Å². The number of anilines is 1. The lowest BCUT2D eigenvalue weighted by atomic mass is 9.96. The molecule has 8 nitrogen and oxygen atoms in total. The maximum Gasteiger partial charge on any atom is 0.409 e. The van der Waals surface area contributed by atoms with Crippen LogP contribution in [0.1, 0.15) is 62.4 Å². The molecule has 1 aromatic rings. The maximum absolute atomic E-state index is 12.4. The number of nitrogens with one attached hydrogen (secondary N) is 2. The van der Waals surface area contributed by atoms with Gasteiger partial charge < -0.3 is 20.3 Å². The molecule has 0 unspecified atom stereocenters. The lowest BCUT2D eigenvalue weighted by Gasteiger charge is -2.31. The van der Waals surface area contributed by atoms with E-state index < -0.39 is 0 Å². The number of nitrogens with zero attached hydrogens (tertiary/aromatic N) is 3. The van der Waals surface area contributed by atoms with Gasteiger partial charge in [-0.3, -0.25) is 4.79 Å². The van der Waals surface area contributed by atoms with Gasteiger partial charge in [-0.1, -0.05) is 19.3 Å². The highest BCUT2D eigenvalue weighted by molar-refractivity contribution is 5.92. The van der Waals surface area contributed by atoms with Gasteiger partial charge in [0.05, 0.1) is 19.0 Å². The summed E-state index contributed by atoms with van der Waals surface area (Å²) in [6.07, 6.45) is 10.4. The molecule has 0 atom stereocenters. The lowest BCUT2D eigenvalue weighted by molar-refractivity contribution is 0.0856. The topological polar surface area (TPSA) is 96.5 Å². The number of hydrogen-bond donors (Lipinski definition) is 2. The molecular formula is C19H29N5O3. The number of amides is 2. The minimum atomic E-state index is -0.283. The minimum absolute atomic E-state index is 0.0324. The number of rotatable bonds is 5. The number of ether oxygens (including phenoxy) is 1. The van der Waals surface area contributed by atoms with Crippen molar-refractivity contribution in [3.63, 3.8) is 0 Å². The van der Waals surface area contributed by atoms with Crippen molar-refractivity contribution in [2.75, 3.05) is 25.0 Å². The third-order valence-corrected chi connectivity index (χ3v) is 5.20. The molecule has 1 aromatic heterocycles. The van der Waals surface area contributed by atoms with Crippen LogP contribution in [-0.4, -0.2) is 58.6 Å². The summed E-state index contributed by atoms with van der Waals surface area (Å²) < 4.78 is 5.01. The van der Waals surface area contributed by atoms with Gasteiger partial charge >= 0.3 is 6.09 Å². The van der Waals surface area contributed by atoms with E-state index in [1.54, 1.807) is 18.0 Å². The third-order valence-electron chi connectivity index (χ3n) is 5.20. The van der Waals surface area contributed by atoms with Crippen molar-refractivity contribution in [3.05, 3.63) is 18.1 Å². The van der Waals surface area contributed by atoms with Gasteiger partial charge in [0, 0.05) is 25.2 Å². The van der Waals surface area contributed by atoms with Gasteiger partial charge in [0.15, 0.2) is 0 Å². The molecule has 0 spiro atoms. The van der Waals surface area contributed by atoms with Crippen LogP contribution in [0.3, 0.4) is 0 Å². The van der Waals surface area contributed by atoms with Crippen LogP contribution in [0, 0.1) is 0 Å². The van der Waals surface area contributed by atoms with E-state index in [1.807, 2.05) is 0 Å². The largest absolute Gasteiger partial charge is 0.450 e. The van der Waals surface area contributed by atoms with E-state index in [4.69, 9.17) is 4.74 Å². The summed E-state index contributed by atoms with van der Waals surface area (Å²) >= 11 is 0. The summed E-state index contributed by atoms with van der Waals surface area (Å²) in [6, 6.07) is 0.488. The first kappa shape index (κ1) is 19.4. The van der Waals surface area contributed by atoms with E-state index >= 15 is 0 Å². The van der Waals surface area contributed by atoms with Crippen LogP contribution < -0.4 is 10.6 Å². The smallest absolute Gasteiger partial charge is 0.409 e. The third kappa shape index (κ3) is 5.55. The number of piperidine rings is 1. The Morgan fingerprint density at radius 1 is 1.07 bits per heavy atom. The summed E-state index contributed by atoms with van der Waals surface area (Å²) in [5, 5.41) is 6.39. The van der Waals surface area contributed by atoms with Gasteiger partial charge in [0.2, 0.25) is 0 Å². The van der Waals surface area contributed by atoms with Crippen molar-refractivity contribution in [1.82, 2.24) is 20.2 Å². The molecule has 2 aliphatic rings. The van der Waals surface area contributed by atoms with Crippen LogP contribution in [0.15, 0.2) is 12.4 Å². The molecule has 2 fully saturated rings. The Hall–Kier alpha value is -2.38. The van der Waals surface area contributed by atoms with Gasteiger partial charge in [-0.15, -0.1) is 0 Å². The average molecular weight is 375 g/mol. The monoisotopic (exact) mass is 375 g/mol. The zero-order valence-corrected chi connectivity index (χ0v) is 15.9. The minimum Gasteiger partial charge on any atom is -0.450 e. The Balaban J connectivity index is 1.45. The molecule has 1 aliphatic carbocycles. The standard InChI is InChI=1S/C19H29N5O3/c1-2-27-19(26)24-10-8-15(9-11-24)23-18(25)16-12-21-17(13-20-16)22-14-6-4-3-5-7-14/h12-15H,2-11H2,1H3,(H,21,22)(H,23,25). The Labute approximate surface area is 160 Å². The molecule has 1 saturated carbocycles. The zero-order valence-electron chi connectivity index (χ0n) is 15.9. The first-order chi connectivity index (χ1) is 13.2. The number of likely N-dealkylation sites (tertiary alicyclic amines) is 1. The molecule has 0 radical (unpaired) electrons. The number of hydrogen-bond acceptors (Lipinski definition) is 6. The second-order valence-electron chi connectivity index (χ2n) is 7.20. The molecule has 3 rings (SSSR count). The second-order valence-corrected chi connectivity index (χ2v) is 7.20. The predicted octanol–water partition coefficient (Wildman–Crippen LogP) is 2.57. The van der Waals surface area contributed by atoms with Crippen molar-refractivity contribution in [3.8, 4) is 0 Å². The quantitative estimate of drug-likeness (QED) is 0.821. The van der Waals surface area contributed by atoms with Crippen LogP contribution in [0.25, 0.3) is 0 Å². The molecular weight excluding hydrogens is 346 g/mol. The fourth-order valence-electron chi connectivity index (χ4n) is 3.66. The Bertz CT molecular complexity index is 623. The second kappa shape index (κ2) is 9.53. The number of aromatic nitrogens is 2. The lowest BCUT2D eigenvalue weighted by Crippen LogP contribution is -2.46. The number of carbonyl (C=O) groups excluding carboxylic acids is 2. The van der Waals surface area contributed by atoms with E-state index in [0.29, 0.717) is 44.3 Å². The summed E-state index contributed by atoms with van der Waals surface area (Å²) in [7, 11) is 0. The normalized spacial score (nSPS) is 18.8. The summed E-state index contributed by atoms with van der Waals surface area (Å²) in [4.78, 5) is 34.4. The highest BCUT2D eigenvalue weighted by Gasteiger charge is 2.25. The summed E-state index contributed by atoms with van der Waals surface area (Å²) in [5.74, 6) is 0.502. The Morgan fingerprint density at radius 2 is 1.81 bits per heavy atom. The Kier molecular flexibility index (Phi) is 6.84. The molecule has 27 heavy (non-hydrogen) atoms. The van der Waals surface area contributed by atoms with Crippen LogP contribution in [0.2, 0.25) is 0 Å². The molecule has 148 valence electrons. The van der Waals surface area contributed by atoms with E-state index in [0.717, 1.165) is 18.7 Å². The predicted molar refractivity (Wildman–Crippen MR) is 102 cm³/mol. The van der Waals surface area contributed by atoms with Crippen molar-refractivity contribution < 1.29 is 14.3 Å². The van der Waals surface area contributed by atoms with E-state index in [9.17, 15) is 9.59 Å². The van der Waals surface area contributed by atoms with Gasteiger partial charge in [-0.25, -0.2) is 14.8 Å². The van der Waals surface area contributed by atoms with E-state index in [-0.39, 0.29) is 18.0 Å². The molecule has 0 bridgehead atoms. The average Bonchev–Trinajstić information content (AvgIpc) is 2.70. The van der Waals surface area contributed by atoms with Gasteiger partial charge in [0.25, 0.3) is 5.91 Å². The fourth-order valence-corrected chi connectivity index (χ4v) is 3.66. The van der Waals surface area contributed by atoms with Gasteiger partial charge in [-0.2, -0.15) is 0 Å². The molecule has 1 saturated heterocycles. The molecule has 2 amide bonds. The highest BCUT2D eigenvalue weighted by atomic mass is 16.6. The van der Waals surface area contributed by atoms with Gasteiger partial charge in [-0.05, 0) is 32.6 Å². The van der Waals surface area contributed by atoms with Crippen LogP contribution in [0.4, 0.5) is 10.6 Å². The molecule has 0 aromatic carbocycles. The van der Waals surface area contributed by atoms with Crippen molar-refractivity contribution in [1.29, 1.82) is 0 Å². The maximum atomic E-state index is 12.4. The van der Waals surface area contributed by atoms with Crippen molar-refractivity contribution in [2.24, 2.45) is 0 Å². The summed E-state index contributed by atoms with van der Waals surface area (Å²) in [5.41, 5.74) is 0.317. The van der Waals surface area contributed by atoms with Crippen LogP contribution >= 0.6 is 0 Å². The van der Waals surface area contributed by atoms with Crippen LogP contribution in [-0.2, 0) is 4.74 Å². The van der Waals surface area contributed by atoms with E-state index in [2.05, 4.69) is 20.6 Å². The molecule has 8 heteroatoms. The van der Waals surface area contributed by atoms with Crippen LogP contribution in [0.5, 0.6) is 0 Å². The first-order valence-electron chi connectivity index (χ1n) is 9.97. The number of carbonyl (C=O) groups is 2.